The van der Waals surface area contributed by atoms with E-state index in [1.807, 2.05) is 12.4 Å². The van der Waals surface area contributed by atoms with Gasteiger partial charge in [-0.05, 0) is 33.6 Å². The van der Waals surface area contributed by atoms with Crippen molar-refractivity contribution in [1.82, 2.24) is 19.8 Å². The van der Waals surface area contributed by atoms with Crippen LogP contribution in [-0.4, -0.2) is 59.5 Å². The van der Waals surface area contributed by atoms with E-state index >= 15 is 0 Å². The zero-order valence-corrected chi connectivity index (χ0v) is 10.6. The predicted molar refractivity (Wildman–Crippen MR) is 67.5 cm³/mol. The molecule has 0 radical (unpaired) electrons. The molecule has 1 aromatic rings. The van der Waals surface area contributed by atoms with Crippen molar-refractivity contribution in [3.05, 3.63) is 24.3 Å². The van der Waals surface area contributed by atoms with Gasteiger partial charge in [-0.25, -0.2) is 9.97 Å². The summed E-state index contributed by atoms with van der Waals surface area (Å²) in [7, 11) is 4.30. The Hall–Kier alpha value is -1.04. The lowest BCUT2D eigenvalue weighted by molar-refractivity contribution is 0.196. The van der Waals surface area contributed by atoms with Gasteiger partial charge in [-0.15, -0.1) is 0 Å². The molecule has 2 heterocycles. The second-order valence-corrected chi connectivity index (χ2v) is 4.86. The fraction of sp³-hybridized carbons (Fsp3) is 0.667. The van der Waals surface area contributed by atoms with Crippen LogP contribution in [0, 0.1) is 0 Å². The number of aromatic nitrogens is 2. The molecule has 2 rings (SSSR count). The molecule has 0 bridgehead atoms. The minimum atomic E-state index is -0.0262. The van der Waals surface area contributed by atoms with Crippen molar-refractivity contribution in [1.29, 1.82) is 0 Å². The topological polar surface area (TPSA) is 58.3 Å². The van der Waals surface area contributed by atoms with Crippen LogP contribution in [0.25, 0.3) is 0 Å². The van der Waals surface area contributed by atoms with E-state index in [9.17, 15) is 0 Å². The van der Waals surface area contributed by atoms with Gasteiger partial charge < -0.3 is 15.5 Å². The minimum Gasteiger partial charge on any atom is -0.323 e. The fourth-order valence-corrected chi connectivity index (χ4v) is 2.40. The second kappa shape index (κ2) is 5.53. The number of likely N-dealkylation sites (N-methyl/N-ethyl adjacent to an activating group) is 2. The smallest absolute Gasteiger partial charge is 0.115 e. The zero-order chi connectivity index (χ0) is 12.3. The van der Waals surface area contributed by atoms with Crippen LogP contribution in [0.1, 0.15) is 18.0 Å². The molecule has 1 aliphatic heterocycles. The van der Waals surface area contributed by atoms with E-state index in [0.29, 0.717) is 6.04 Å². The van der Waals surface area contributed by atoms with Crippen LogP contribution >= 0.6 is 0 Å². The van der Waals surface area contributed by atoms with Crippen molar-refractivity contribution >= 4 is 0 Å². The molecule has 0 aliphatic carbocycles. The molecule has 5 nitrogen and oxygen atoms in total. The fourth-order valence-electron chi connectivity index (χ4n) is 2.40. The van der Waals surface area contributed by atoms with Crippen LogP contribution in [0.4, 0.5) is 0 Å². The molecular formula is C12H21N5. The Bertz CT molecular complexity index is 342. The molecule has 0 aromatic carbocycles. The van der Waals surface area contributed by atoms with Crippen molar-refractivity contribution in [3.63, 3.8) is 0 Å². The van der Waals surface area contributed by atoms with Crippen molar-refractivity contribution in [2.24, 2.45) is 5.73 Å². The number of hydrogen-bond acceptors (Lipinski definition) is 5. The van der Waals surface area contributed by atoms with Crippen molar-refractivity contribution in [2.45, 2.75) is 18.5 Å². The summed E-state index contributed by atoms with van der Waals surface area (Å²) in [6.45, 7) is 3.22. The molecule has 0 saturated carbocycles. The largest absolute Gasteiger partial charge is 0.323 e. The van der Waals surface area contributed by atoms with E-state index < -0.39 is 0 Å². The van der Waals surface area contributed by atoms with Gasteiger partial charge in [0.15, 0.2) is 0 Å². The van der Waals surface area contributed by atoms with Crippen LogP contribution in [-0.2, 0) is 0 Å². The summed E-state index contributed by atoms with van der Waals surface area (Å²) in [6, 6.07) is 0.301. The highest BCUT2D eigenvalue weighted by atomic mass is 15.2. The van der Waals surface area contributed by atoms with Gasteiger partial charge in [-0.3, -0.25) is 0 Å². The quantitative estimate of drug-likeness (QED) is 0.788. The number of nitrogens with zero attached hydrogens (tertiary/aromatic N) is 4. The molecule has 1 aliphatic rings. The number of hydrogen-bond donors (Lipinski definition) is 1. The molecule has 2 atom stereocenters. The first-order chi connectivity index (χ1) is 8.18. The Morgan fingerprint density at radius 1 is 1.29 bits per heavy atom. The summed E-state index contributed by atoms with van der Waals surface area (Å²) in [5, 5.41) is 0. The Morgan fingerprint density at radius 3 is 2.71 bits per heavy atom. The Kier molecular flexibility index (Phi) is 4.04. The van der Waals surface area contributed by atoms with E-state index in [1.165, 1.54) is 6.42 Å². The van der Waals surface area contributed by atoms with Crippen LogP contribution in [0.3, 0.4) is 0 Å². The van der Waals surface area contributed by atoms with Gasteiger partial charge in [0.25, 0.3) is 0 Å². The van der Waals surface area contributed by atoms with E-state index in [4.69, 9.17) is 5.73 Å². The average Bonchev–Trinajstić information content (AvgIpc) is 2.51. The normalized spacial score (nSPS) is 25.5. The van der Waals surface area contributed by atoms with E-state index in [2.05, 4.69) is 33.9 Å². The first kappa shape index (κ1) is 12.4. The molecule has 1 fully saturated rings. The third kappa shape index (κ3) is 3.00. The summed E-state index contributed by atoms with van der Waals surface area (Å²) in [5.41, 5.74) is 7.36. The van der Waals surface area contributed by atoms with E-state index in [1.54, 1.807) is 6.33 Å². The molecule has 2 N–H and O–H groups in total. The Balaban J connectivity index is 2.13. The zero-order valence-electron chi connectivity index (χ0n) is 10.6. The van der Waals surface area contributed by atoms with Crippen LogP contribution in [0.5, 0.6) is 0 Å². The molecule has 2 unspecified atom stereocenters. The van der Waals surface area contributed by atoms with Gasteiger partial charge in [-0.1, -0.05) is 0 Å². The highest BCUT2D eigenvalue weighted by Crippen LogP contribution is 2.19. The summed E-state index contributed by atoms with van der Waals surface area (Å²) < 4.78 is 0. The van der Waals surface area contributed by atoms with Crippen LogP contribution in [0.2, 0.25) is 0 Å². The van der Waals surface area contributed by atoms with Crippen molar-refractivity contribution in [3.8, 4) is 0 Å². The summed E-state index contributed by atoms with van der Waals surface area (Å²) in [5.74, 6) is 0. The Labute approximate surface area is 103 Å². The summed E-state index contributed by atoms with van der Waals surface area (Å²) in [4.78, 5) is 12.8. The van der Waals surface area contributed by atoms with Gasteiger partial charge in [0, 0.05) is 36.6 Å². The highest BCUT2D eigenvalue weighted by molar-refractivity contribution is 5.12. The third-order valence-corrected chi connectivity index (χ3v) is 3.50. The van der Waals surface area contributed by atoms with Crippen LogP contribution < -0.4 is 5.73 Å². The lowest BCUT2D eigenvalue weighted by Gasteiger charge is -2.32. The summed E-state index contributed by atoms with van der Waals surface area (Å²) in [6.07, 6.45) is 6.37. The molecular weight excluding hydrogens is 214 g/mol. The SMILES string of the molecule is CN1CCCN(C)C(C(N)c2cncnc2)C1. The molecule has 0 amide bonds. The molecule has 1 saturated heterocycles. The van der Waals surface area contributed by atoms with Gasteiger partial charge in [0.05, 0.1) is 0 Å². The van der Waals surface area contributed by atoms with E-state index in [0.717, 1.165) is 25.2 Å². The minimum absolute atomic E-state index is 0.0262. The van der Waals surface area contributed by atoms with Crippen molar-refractivity contribution in [2.75, 3.05) is 33.7 Å². The maximum absolute atomic E-state index is 6.34. The maximum atomic E-state index is 6.34. The molecule has 94 valence electrons. The number of nitrogens with two attached hydrogens (primary N) is 1. The molecule has 17 heavy (non-hydrogen) atoms. The summed E-state index contributed by atoms with van der Waals surface area (Å²) >= 11 is 0. The van der Waals surface area contributed by atoms with Gasteiger partial charge in [-0.2, -0.15) is 0 Å². The lowest BCUT2D eigenvalue weighted by Crippen LogP contribution is -2.45. The number of rotatable bonds is 2. The second-order valence-electron chi connectivity index (χ2n) is 4.86. The van der Waals surface area contributed by atoms with Gasteiger partial charge in [0.2, 0.25) is 0 Å². The van der Waals surface area contributed by atoms with E-state index in [-0.39, 0.29) is 6.04 Å². The predicted octanol–water partition coefficient (Wildman–Crippen LogP) is 0.112. The average molecular weight is 235 g/mol. The highest BCUT2D eigenvalue weighted by Gasteiger charge is 2.27. The first-order valence-electron chi connectivity index (χ1n) is 6.08. The van der Waals surface area contributed by atoms with Gasteiger partial charge >= 0.3 is 0 Å². The molecule has 0 spiro atoms. The van der Waals surface area contributed by atoms with Gasteiger partial charge in [0.1, 0.15) is 6.33 Å². The maximum Gasteiger partial charge on any atom is 0.115 e. The monoisotopic (exact) mass is 235 g/mol. The first-order valence-corrected chi connectivity index (χ1v) is 6.08. The molecule has 5 heteroatoms. The van der Waals surface area contributed by atoms with Crippen LogP contribution in [0.15, 0.2) is 18.7 Å². The standard InChI is InChI=1S/C12H21N5/c1-16-4-3-5-17(2)11(8-16)12(13)10-6-14-9-15-7-10/h6-7,9,11-12H,3-5,8,13H2,1-2H3. The lowest BCUT2D eigenvalue weighted by atomic mass is 10.0. The third-order valence-electron chi connectivity index (χ3n) is 3.50. The molecule has 1 aromatic heterocycles. The Morgan fingerprint density at radius 2 is 2.00 bits per heavy atom. The van der Waals surface area contributed by atoms with Crippen molar-refractivity contribution < 1.29 is 0 Å².